The van der Waals surface area contributed by atoms with Gasteiger partial charge in [0.2, 0.25) is 0 Å². The molecule has 2 amide bonds. The Morgan fingerprint density at radius 3 is 2.43 bits per heavy atom. The Kier molecular flexibility index (Phi) is 5.62. The summed E-state index contributed by atoms with van der Waals surface area (Å²) in [5.74, 6) is 0. The zero-order valence-electron chi connectivity index (χ0n) is 13.4. The maximum atomic E-state index is 11.9. The number of urea groups is 1. The summed E-state index contributed by atoms with van der Waals surface area (Å²) in [4.78, 5) is 15.5. The van der Waals surface area contributed by atoms with Crippen LogP contribution in [0.2, 0.25) is 0 Å². The fourth-order valence-corrected chi connectivity index (χ4v) is 2.94. The molecule has 4 nitrogen and oxygen atoms in total. The number of carbonyl (C=O) groups is 1. The third kappa shape index (κ3) is 4.21. The molecule has 1 fully saturated rings. The first-order valence-electron chi connectivity index (χ1n) is 7.89. The van der Waals surface area contributed by atoms with Crippen LogP contribution in [0, 0.1) is 0 Å². The number of nitrogens with one attached hydrogen (secondary N) is 1. The molecular weight excluding hydrogens is 262 g/mol. The second-order valence-corrected chi connectivity index (χ2v) is 5.98. The fraction of sp³-hybridized carbons (Fsp3) is 0.588. The molecule has 0 spiro atoms. The van der Waals surface area contributed by atoms with Crippen LogP contribution < -0.4 is 5.32 Å². The molecule has 116 valence electrons. The highest BCUT2D eigenvalue weighted by atomic mass is 16.2. The van der Waals surface area contributed by atoms with Gasteiger partial charge in [0.25, 0.3) is 0 Å². The van der Waals surface area contributed by atoms with E-state index in [2.05, 4.69) is 42.6 Å². The van der Waals surface area contributed by atoms with E-state index in [4.69, 9.17) is 0 Å². The number of piperidine rings is 1. The number of likely N-dealkylation sites (tertiary alicyclic amines) is 1. The molecule has 1 aromatic carbocycles. The van der Waals surface area contributed by atoms with Gasteiger partial charge in [0.05, 0.1) is 0 Å². The van der Waals surface area contributed by atoms with Crippen LogP contribution in [0.5, 0.6) is 0 Å². The van der Waals surface area contributed by atoms with Crippen molar-refractivity contribution in [2.75, 3.05) is 27.2 Å². The van der Waals surface area contributed by atoms with E-state index in [0.717, 1.165) is 32.4 Å². The molecule has 1 unspecified atom stereocenters. The summed E-state index contributed by atoms with van der Waals surface area (Å²) in [6, 6.07) is 11.7. The van der Waals surface area contributed by atoms with Crippen LogP contribution >= 0.6 is 0 Å². The third-order valence-corrected chi connectivity index (χ3v) is 4.20. The van der Waals surface area contributed by atoms with E-state index >= 15 is 0 Å². The molecule has 0 radical (unpaired) electrons. The monoisotopic (exact) mass is 289 g/mol. The van der Waals surface area contributed by atoms with Crippen molar-refractivity contribution in [3.8, 4) is 0 Å². The van der Waals surface area contributed by atoms with Crippen molar-refractivity contribution < 1.29 is 4.79 Å². The van der Waals surface area contributed by atoms with Crippen molar-refractivity contribution in [1.82, 2.24) is 15.1 Å². The van der Waals surface area contributed by atoms with Crippen LogP contribution in [0.4, 0.5) is 4.79 Å². The predicted octanol–water partition coefficient (Wildman–Crippen LogP) is 2.87. The quantitative estimate of drug-likeness (QED) is 0.925. The van der Waals surface area contributed by atoms with E-state index in [1.165, 1.54) is 5.56 Å². The zero-order valence-corrected chi connectivity index (χ0v) is 13.4. The van der Waals surface area contributed by atoms with Crippen molar-refractivity contribution in [3.63, 3.8) is 0 Å². The van der Waals surface area contributed by atoms with Crippen molar-refractivity contribution in [2.45, 2.75) is 38.3 Å². The molecule has 4 heteroatoms. The Hall–Kier alpha value is -1.55. The molecule has 1 aromatic rings. The van der Waals surface area contributed by atoms with E-state index in [-0.39, 0.29) is 6.03 Å². The van der Waals surface area contributed by atoms with E-state index < -0.39 is 0 Å². The lowest BCUT2D eigenvalue weighted by molar-refractivity contribution is 0.150. The summed E-state index contributed by atoms with van der Waals surface area (Å²) >= 11 is 0. The Morgan fingerprint density at radius 1 is 1.29 bits per heavy atom. The summed E-state index contributed by atoms with van der Waals surface area (Å²) in [6.45, 7) is 3.91. The van der Waals surface area contributed by atoms with Gasteiger partial charge in [0, 0.05) is 39.3 Å². The van der Waals surface area contributed by atoms with Gasteiger partial charge in [-0.25, -0.2) is 4.79 Å². The third-order valence-electron chi connectivity index (χ3n) is 4.20. The van der Waals surface area contributed by atoms with E-state index in [1.807, 2.05) is 19.0 Å². The first-order chi connectivity index (χ1) is 10.1. The molecule has 0 saturated carbocycles. The molecule has 2 rings (SSSR count). The van der Waals surface area contributed by atoms with Gasteiger partial charge in [-0.1, -0.05) is 37.3 Å². The lowest BCUT2D eigenvalue weighted by Gasteiger charge is -2.35. The maximum absolute atomic E-state index is 11.9. The average Bonchev–Trinajstić information content (AvgIpc) is 2.53. The Morgan fingerprint density at radius 2 is 1.90 bits per heavy atom. The minimum absolute atomic E-state index is 0.128. The lowest BCUT2D eigenvalue weighted by atomic mass is 9.99. The van der Waals surface area contributed by atoms with Crippen molar-refractivity contribution in [1.29, 1.82) is 0 Å². The van der Waals surface area contributed by atoms with Gasteiger partial charge in [-0.3, -0.25) is 0 Å². The summed E-state index contributed by atoms with van der Waals surface area (Å²) in [7, 11) is 3.63. The smallest absolute Gasteiger partial charge is 0.319 e. The SMILES string of the molecule is CCC(NC1CCN(C(=O)N(C)C)CC1)c1ccccc1. The second-order valence-electron chi connectivity index (χ2n) is 5.98. The number of rotatable bonds is 4. The maximum Gasteiger partial charge on any atom is 0.319 e. The predicted molar refractivity (Wildman–Crippen MR) is 86.3 cm³/mol. The molecular formula is C17H27N3O. The Bertz CT molecular complexity index is 439. The largest absolute Gasteiger partial charge is 0.331 e. The normalized spacial score (nSPS) is 17.6. The molecule has 1 heterocycles. The molecule has 0 bridgehead atoms. The minimum atomic E-state index is 0.128. The number of benzene rings is 1. The van der Waals surface area contributed by atoms with Crippen molar-refractivity contribution in [3.05, 3.63) is 35.9 Å². The summed E-state index contributed by atoms with van der Waals surface area (Å²) < 4.78 is 0. The van der Waals surface area contributed by atoms with Gasteiger partial charge in [-0.2, -0.15) is 0 Å². The van der Waals surface area contributed by atoms with Gasteiger partial charge >= 0.3 is 6.03 Å². The number of hydrogen-bond donors (Lipinski definition) is 1. The average molecular weight is 289 g/mol. The van der Waals surface area contributed by atoms with Gasteiger partial charge in [-0.05, 0) is 24.8 Å². The second kappa shape index (κ2) is 7.46. The summed E-state index contributed by atoms with van der Waals surface area (Å²) in [5.41, 5.74) is 1.35. The van der Waals surface area contributed by atoms with Crippen LogP contribution in [0.3, 0.4) is 0 Å². The zero-order chi connectivity index (χ0) is 15.2. The van der Waals surface area contributed by atoms with Gasteiger partial charge in [0.15, 0.2) is 0 Å². The van der Waals surface area contributed by atoms with Gasteiger partial charge < -0.3 is 15.1 Å². The van der Waals surface area contributed by atoms with Crippen molar-refractivity contribution in [2.24, 2.45) is 0 Å². The standard InChI is InChI=1S/C17H27N3O/c1-4-16(14-8-6-5-7-9-14)18-15-10-12-20(13-11-15)17(21)19(2)3/h5-9,15-16,18H,4,10-13H2,1-3H3. The number of carbonyl (C=O) groups excluding carboxylic acids is 1. The first-order valence-corrected chi connectivity index (χ1v) is 7.89. The number of hydrogen-bond acceptors (Lipinski definition) is 2. The van der Waals surface area contributed by atoms with Crippen LogP contribution in [-0.4, -0.2) is 49.1 Å². The van der Waals surface area contributed by atoms with Crippen LogP contribution in [-0.2, 0) is 0 Å². The van der Waals surface area contributed by atoms with Crippen molar-refractivity contribution >= 4 is 6.03 Å². The summed E-state index contributed by atoms with van der Waals surface area (Å²) in [6.07, 6.45) is 3.15. The lowest BCUT2D eigenvalue weighted by Crippen LogP contribution is -2.48. The van der Waals surface area contributed by atoms with Gasteiger partial charge in [0.1, 0.15) is 0 Å². The molecule has 1 N–H and O–H groups in total. The highest BCUT2D eigenvalue weighted by Gasteiger charge is 2.25. The molecule has 1 aliphatic rings. The van der Waals surface area contributed by atoms with Crippen LogP contribution in [0.1, 0.15) is 37.8 Å². The van der Waals surface area contributed by atoms with Crippen LogP contribution in [0.25, 0.3) is 0 Å². The molecule has 1 atom stereocenters. The van der Waals surface area contributed by atoms with E-state index in [9.17, 15) is 4.79 Å². The van der Waals surface area contributed by atoms with E-state index in [0.29, 0.717) is 12.1 Å². The topological polar surface area (TPSA) is 35.6 Å². The minimum Gasteiger partial charge on any atom is -0.331 e. The molecule has 21 heavy (non-hydrogen) atoms. The molecule has 1 saturated heterocycles. The molecule has 1 aliphatic heterocycles. The van der Waals surface area contributed by atoms with Gasteiger partial charge in [-0.15, -0.1) is 0 Å². The van der Waals surface area contributed by atoms with Crippen LogP contribution in [0.15, 0.2) is 30.3 Å². The highest BCUT2D eigenvalue weighted by Crippen LogP contribution is 2.20. The first kappa shape index (κ1) is 15.8. The highest BCUT2D eigenvalue weighted by molar-refractivity contribution is 5.73. The Labute approximate surface area is 128 Å². The molecule has 0 aliphatic carbocycles. The fourth-order valence-electron chi connectivity index (χ4n) is 2.94. The summed E-state index contributed by atoms with van der Waals surface area (Å²) in [5, 5.41) is 3.76. The Balaban J connectivity index is 1.86. The van der Waals surface area contributed by atoms with E-state index in [1.54, 1.807) is 4.90 Å². The number of nitrogens with zero attached hydrogens (tertiary/aromatic N) is 2. The number of amides is 2. The molecule has 0 aromatic heterocycles.